The van der Waals surface area contributed by atoms with Crippen molar-refractivity contribution in [3.05, 3.63) is 30.1 Å². The fourth-order valence-electron chi connectivity index (χ4n) is 2.97. The second-order valence-corrected chi connectivity index (χ2v) is 8.70. The molecule has 1 aliphatic heterocycles. The Morgan fingerprint density at radius 3 is 2.73 bits per heavy atom. The Bertz CT molecular complexity index is 873. The molecular formula is C17H22N4O4S. The van der Waals surface area contributed by atoms with Gasteiger partial charge in [0.15, 0.2) is 9.84 Å². The molecule has 1 aromatic heterocycles. The van der Waals surface area contributed by atoms with Gasteiger partial charge in [0, 0.05) is 31.8 Å². The molecule has 1 aromatic carbocycles. The summed E-state index contributed by atoms with van der Waals surface area (Å²) in [5, 5.41) is 5.40. The van der Waals surface area contributed by atoms with Gasteiger partial charge in [0.05, 0.1) is 22.5 Å². The molecule has 140 valence electrons. The summed E-state index contributed by atoms with van der Waals surface area (Å²) in [6.45, 7) is 0.226. The number of nitrogens with one attached hydrogen (secondary N) is 3. The molecule has 3 rings (SSSR count). The third kappa shape index (κ3) is 5.04. The number of aryl methyl sites for hydroxylation is 1. The average Bonchev–Trinajstić information content (AvgIpc) is 3.15. The summed E-state index contributed by atoms with van der Waals surface area (Å²) < 4.78 is 22.7. The van der Waals surface area contributed by atoms with Gasteiger partial charge in [0.1, 0.15) is 5.82 Å². The number of fused-ring (bicyclic) bond motifs is 1. The number of imidazole rings is 1. The van der Waals surface area contributed by atoms with Gasteiger partial charge in [0.2, 0.25) is 11.8 Å². The van der Waals surface area contributed by atoms with Crippen LogP contribution in [0.5, 0.6) is 0 Å². The molecule has 2 amide bonds. The lowest BCUT2D eigenvalue weighted by Crippen LogP contribution is -2.37. The highest BCUT2D eigenvalue weighted by molar-refractivity contribution is 7.91. The molecule has 2 heterocycles. The Labute approximate surface area is 151 Å². The maximum Gasteiger partial charge on any atom is 0.222 e. The van der Waals surface area contributed by atoms with Crippen LogP contribution >= 0.6 is 0 Å². The Hall–Kier alpha value is -2.42. The van der Waals surface area contributed by atoms with E-state index in [0.29, 0.717) is 12.8 Å². The second-order valence-electron chi connectivity index (χ2n) is 6.47. The SMILES string of the molecule is O=C(CCc1nc2ccccc2[nH]1)NCCC(=O)N[C@@H]1CCS(=O)(=O)C1. The van der Waals surface area contributed by atoms with E-state index in [2.05, 4.69) is 20.6 Å². The highest BCUT2D eigenvalue weighted by atomic mass is 32.2. The zero-order valence-corrected chi connectivity index (χ0v) is 15.1. The number of hydrogen-bond acceptors (Lipinski definition) is 5. The smallest absolute Gasteiger partial charge is 0.222 e. The highest BCUT2D eigenvalue weighted by Crippen LogP contribution is 2.12. The fraction of sp³-hybridized carbons (Fsp3) is 0.471. The van der Waals surface area contributed by atoms with Crippen molar-refractivity contribution >= 4 is 32.7 Å². The molecule has 9 heteroatoms. The van der Waals surface area contributed by atoms with Gasteiger partial charge in [-0.3, -0.25) is 9.59 Å². The van der Waals surface area contributed by atoms with Crippen LogP contribution in [-0.4, -0.2) is 54.3 Å². The van der Waals surface area contributed by atoms with E-state index in [1.807, 2.05) is 24.3 Å². The first-order valence-electron chi connectivity index (χ1n) is 8.61. The molecule has 0 unspecified atom stereocenters. The minimum atomic E-state index is -3.01. The molecule has 0 saturated carbocycles. The van der Waals surface area contributed by atoms with E-state index in [-0.39, 0.29) is 48.7 Å². The van der Waals surface area contributed by atoms with E-state index in [4.69, 9.17) is 0 Å². The highest BCUT2D eigenvalue weighted by Gasteiger charge is 2.28. The van der Waals surface area contributed by atoms with Crippen LogP contribution in [-0.2, 0) is 25.8 Å². The van der Waals surface area contributed by atoms with Crippen LogP contribution < -0.4 is 10.6 Å². The first kappa shape index (κ1) is 18.4. The third-order valence-corrected chi connectivity index (χ3v) is 6.07. The third-order valence-electron chi connectivity index (χ3n) is 4.30. The number of rotatable bonds is 7. The van der Waals surface area contributed by atoms with Gasteiger partial charge in [-0.2, -0.15) is 0 Å². The quantitative estimate of drug-likeness (QED) is 0.640. The predicted molar refractivity (Wildman–Crippen MR) is 97.2 cm³/mol. The lowest BCUT2D eigenvalue weighted by molar-refractivity contribution is -0.122. The van der Waals surface area contributed by atoms with Gasteiger partial charge in [-0.15, -0.1) is 0 Å². The van der Waals surface area contributed by atoms with Gasteiger partial charge in [-0.1, -0.05) is 12.1 Å². The molecule has 0 radical (unpaired) electrons. The zero-order valence-electron chi connectivity index (χ0n) is 14.3. The van der Waals surface area contributed by atoms with E-state index in [1.54, 1.807) is 0 Å². The number of carbonyl (C=O) groups excluding carboxylic acids is 2. The maximum atomic E-state index is 11.9. The van der Waals surface area contributed by atoms with Gasteiger partial charge >= 0.3 is 0 Å². The number of amides is 2. The first-order valence-corrected chi connectivity index (χ1v) is 10.4. The summed E-state index contributed by atoms with van der Waals surface area (Å²) in [5.41, 5.74) is 1.81. The Balaban J connectivity index is 1.34. The zero-order chi connectivity index (χ0) is 18.6. The molecule has 1 saturated heterocycles. The molecule has 0 spiro atoms. The summed E-state index contributed by atoms with van der Waals surface area (Å²) in [6.07, 6.45) is 1.36. The molecule has 1 atom stereocenters. The normalized spacial score (nSPS) is 18.7. The van der Waals surface area contributed by atoms with Crippen LogP contribution in [0.4, 0.5) is 0 Å². The summed E-state index contributed by atoms with van der Waals surface area (Å²) in [5.74, 6) is 0.479. The van der Waals surface area contributed by atoms with Crippen LogP contribution in [0.2, 0.25) is 0 Å². The van der Waals surface area contributed by atoms with Crippen LogP contribution in [0.15, 0.2) is 24.3 Å². The molecule has 1 fully saturated rings. The molecule has 0 bridgehead atoms. The number of para-hydroxylation sites is 2. The predicted octanol–water partition coefficient (Wildman–Crippen LogP) is 0.305. The standard InChI is InChI=1S/C17H22N4O4S/c22-16(6-5-15-20-13-3-1-2-4-14(13)21-15)18-9-7-17(23)19-12-8-10-26(24,25)11-12/h1-4,12H,5-11H2,(H,18,22)(H,19,23)(H,20,21)/t12-/m1/s1. The average molecular weight is 378 g/mol. The molecule has 8 nitrogen and oxygen atoms in total. The number of nitrogens with zero attached hydrogens (tertiary/aromatic N) is 1. The molecule has 0 aliphatic carbocycles. The number of benzene rings is 1. The van der Waals surface area contributed by atoms with Crippen LogP contribution in [0.1, 0.15) is 25.1 Å². The van der Waals surface area contributed by atoms with E-state index in [0.717, 1.165) is 16.9 Å². The molecule has 1 aliphatic rings. The van der Waals surface area contributed by atoms with Crippen molar-refractivity contribution in [2.24, 2.45) is 0 Å². The van der Waals surface area contributed by atoms with Crippen molar-refractivity contribution in [1.29, 1.82) is 0 Å². The number of H-pyrrole nitrogens is 1. The molecule has 26 heavy (non-hydrogen) atoms. The van der Waals surface area contributed by atoms with Crippen LogP contribution in [0.3, 0.4) is 0 Å². The topological polar surface area (TPSA) is 121 Å². The van der Waals surface area contributed by atoms with Gasteiger partial charge in [-0.05, 0) is 18.6 Å². The second kappa shape index (κ2) is 7.86. The van der Waals surface area contributed by atoms with Crippen LogP contribution in [0, 0.1) is 0 Å². The van der Waals surface area contributed by atoms with E-state index in [1.165, 1.54) is 0 Å². The van der Waals surface area contributed by atoms with E-state index in [9.17, 15) is 18.0 Å². The molecular weight excluding hydrogens is 356 g/mol. The minimum Gasteiger partial charge on any atom is -0.356 e. The lowest BCUT2D eigenvalue weighted by atomic mass is 10.2. The molecule has 2 aromatic rings. The van der Waals surface area contributed by atoms with Crippen molar-refractivity contribution in [2.45, 2.75) is 31.7 Å². The summed E-state index contributed by atoms with van der Waals surface area (Å²) >= 11 is 0. The number of carbonyl (C=O) groups is 2. The Kier molecular flexibility index (Phi) is 5.55. The maximum absolute atomic E-state index is 11.9. The van der Waals surface area contributed by atoms with Crippen molar-refractivity contribution in [1.82, 2.24) is 20.6 Å². The summed E-state index contributed by atoms with van der Waals surface area (Å²) in [4.78, 5) is 31.3. The monoisotopic (exact) mass is 378 g/mol. The molecule has 3 N–H and O–H groups in total. The van der Waals surface area contributed by atoms with Gasteiger partial charge < -0.3 is 15.6 Å². The van der Waals surface area contributed by atoms with E-state index >= 15 is 0 Å². The van der Waals surface area contributed by atoms with Crippen molar-refractivity contribution in [3.8, 4) is 0 Å². The lowest BCUT2D eigenvalue weighted by Gasteiger charge is -2.11. The largest absolute Gasteiger partial charge is 0.356 e. The number of sulfone groups is 1. The van der Waals surface area contributed by atoms with Gasteiger partial charge in [0.25, 0.3) is 0 Å². The number of aromatic amines is 1. The first-order chi connectivity index (χ1) is 12.4. The number of aromatic nitrogens is 2. The van der Waals surface area contributed by atoms with Crippen molar-refractivity contribution in [2.75, 3.05) is 18.1 Å². The van der Waals surface area contributed by atoms with Crippen LogP contribution in [0.25, 0.3) is 11.0 Å². The summed E-state index contributed by atoms with van der Waals surface area (Å²) in [7, 11) is -3.01. The fourth-order valence-corrected chi connectivity index (χ4v) is 4.64. The van der Waals surface area contributed by atoms with E-state index < -0.39 is 9.84 Å². The minimum absolute atomic E-state index is 0.00258. The Morgan fingerprint density at radius 1 is 1.19 bits per heavy atom. The van der Waals surface area contributed by atoms with Gasteiger partial charge in [-0.25, -0.2) is 13.4 Å². The summed E-state index contributed by atoms with van der Waals surface area (Å²) in [6, 6.07) is 7.36. The Morgan fingerprint density at radius 2 is 2.00 bits per heavy atom. The van der Waals surface area contributed by atoms with Crippen molar-refractivity contribution < 1.29 is 18.0 Å². The number of hydrogen-bond donors (Lipinski definition) is 3. The van der Waals surface area contributed by atoms with Crippen molar-refractivity contribution in [3.63, 3.8) is 0 Å².